The number of amides is 2. The van der Waals surface area contributed by atoms with Gasteiger partial charge in [0.05, 0.1) is 18.0 Å². The molecule has 1 aliphatic rings. The molecule has 1 heterocycles. The molecule has 27 heavy (non-hydrogen) atoms. The number of hydrogen-bond donors (Lipinski definition) is 0. The first-order valence-electron chi connectivity index (χ1n) is 8.53. The molecule has 0 N–H and O–H groups in total. The maximum Gasteiger partial charge on any atom is 0.243 e. The van der Waals surface area contributed by atoms with Gasteiger partial charge < -0.3 is 9.80 Å². The summed E-state index contributed by atoms with van der Waals surface area (Å²) in [6, 6.07) is 4.89. The first-order chi connectivity index (χ1) is 12.6. The Morgan fingerprint density at radius 1 is 1.07 bits per heavy atom. The number of likely N-dealkylation sites (N-methyl/N-ethyl adjacent to an activating group) is 2. The monoisotopic (exact) mass is 400 g/mol. The third kappa shape index (κ3) is 5.47. The van der Waals surface area contributed by atoms with Gasteiger partial charge in [-0.25, -0.2) is 12.8 Å². The molecule has 2 rings (SSSR count). The van der Waals surface area contributed by atoms with Crippen LogP contribution in [0.4, 0.5) is 4.39 Å². The first kappa shape index (κ1) is 21.3. The van der Waals surface area contributed by atoms with E-state index < -0.39 is 15.8 Å². The highest BCUT2D eigenvalue weighted by Gasteiger charge is 2.30. The molecule has 1 aromatic carbocycles. The van der Waals surface area contributed by atoms with E-state index in [2.05, 4.69) is 0 Å². The predicted molar refractivity (Wildman–Crippen MR) is 97.9 cm³/mol. The van der Waals surface area contributed by atoms with Crippen molar-refractivity contribution < 1.29 is 22.4 Å². The summed E-state index contributed by atoms with van der Waals surface area (Å²) in [5.41, 5.74) is 0. The highest BCUT2D eigenvalue weighted by atomic mass is 32.2. The fraction of sp³-hybridized carbons (Fsp3) is 0.529. The minimum Gasteiger partial charge on any atom is -0.348 e. The summed E-state index contributed by atoms with van der Waals surface area (Å²) in [6.45, 7) is 1.00. The average Bonchev–Trinajstić information content (AvgIpc) is 2.61. The summed E-state index contributed by atoms with van der Waals surface area (Å²) in [5.74, 6) is -0.872. The lowest BCUT2D eigenvalue weighted by Gasteiger charge is -2.34. The third-order valence-electron chi connectivity index (χ3n) is 4.33. The number of benzene rings is 1. The Bertz CT molecular complexity index is 792. The number of halogens is 1. The Hall–Kier alpha value is -2.04. The van der Waals surface area contributed by atoms with Gasteiger partial charge in [0.25, 0.3) is 0 Å². The van der Waals surface area contributed by atoms with E-state index in [1.807, 2.05) is 0 Å². The molecule has 1 saturated heterocycles. The van der Waals surface area contributed by atoms with E-state index in [4.69, 9.17) is 0 Å². The van der Waals surface area contributed by atoms with Crippen molar-refractivity contribution in [1.82, 2.24) is 19.0 Å². The van der Waals surface area contributed by atoms with Crippen molar-refractivity contribution in [2.24, 2.45) is 0 Å². The molecule has 10 heteroatoms. The van der Waals surface area contributed by atoms with Gasteiger partial charge in [-0.1, -0.05) is 6.07 Å². The molecule has 0 saturated carbocycles. The Balaban J connectivity index is 1.91. The fourth-order valence-electron chi connectivity index (χ4n) is 2.71. The van der Waals surface area contributed by atoms with E-state index in [0.29, 0.717) is 0 Å². The number of hydrogen-bond acceptors (Lipinski definition) is 5. The minimum absolute atomic E-state index is 0.0796. The van der Waals surface area contributed by atoms with Gasteiger partial charge in [0.15, 0.2) is 0 Å². The van der Waals surface area contributed by atoms with E-state index >= 15 is 0 Å². The Morgan fingerprint density at radius 2 is 1.70 bits per heavy atom. The van der Waals surface area contributed by atoms with E-state index in [1.54, 1.807) is 30.9 Å². The van der Waals surface area contributed by atoms with Gasteiger partial charge in [-0.2, -0.15) is 4.31 Å². The topological polar surface area (TPSA) is 81.2 Å². The molecule has 0 aliphatic carbocycles. The van der Waals surface area contributed by atoms with Crippen molar-refractivity contribution in [2.75, 3.05) is 60.4 Å². The zero-order valence-electron chi connectivity index (χ0n) is 15.8. The summed E-state index contributed by atoms with van der Waals surface area (Å²) < 4.78 is 39.8. The number of sulfonamides is 1. The lowest BCUT2D eigenvalue weighted by Crippen LogP contribution is -2.52. The maximum absolute atomic E-state index is 13.3. The van der Waals surface area contributed by atoms with Gasteiger partial charge >= 0.3 is 0 Å². The van der Waals surface area contributed by atoms with Crippen LogP contribution >= 0.6 is 0 Å². The SMILES string of the molecule is CN(CC(=O)N(C)C)CC(=O)N1CCN(S(=O)(=O)c2cccc(F)c2)CC1. The number of carbonyl (C=O) groups is 2. The van der Waals surface area contributed by atoms with E-state index in [-0.39, 0.29) is 56.0 Å². The summed E-state index contributed by atoms with van der Waals surface area (Å²) >= 11 is 0. The molecule has 1 aliphatic heterocycles. The van der Waals surface area contributed by atoms with Gasteiger partial charge in [-0.3, -0.25) is 14.5 Å². The molecular formula is C17H25FN4O4S. The van der Waals surface area contributed by atoms with Crippen molar-refractivity contribution in [3.63, 3.8) is 0 Å². The van der Waals surface area contributed by atoms with Crippen LogP contribution < -0.4 is 0 Å². The Labute approximate surface area is 159 Å². The van der Waals surface area contributed by atoms with Gasteiger partial charge in [-0.15, -0.1) is 0 Å². The molecule has 0 unspecified atom stereocenters. The van der Waals surface area contributed by atoms with Crippen molar-refractivity contribution in [3.05, 3.63) is 30.1 Å². The Morgan fingerprint density at radius 3 is 2.26 bits per heavy atom. The molecule has 1 aromatic rings. The Kier molecular flexibility index (Phi) is 6.90. The van der Waals surface area contributed by atoms with Crippen molar-refractivity contribution >= 4 is 21.8 Å². The summed E-state index contributed by atoms with van der Waals surface area (Å²) in [5, 5.41) is 0. The quantitative estimate of drug-likeness (QED) is 0.654. The summed E-state index contributed by atoms with van der Waals surface area (Å²) in [7, 11) is 1.20. The highest BCUT2D eigenvalue weighted by molar-refractivity contribution is 7.89. The lowest BCUT2D eigenvalue weighted by atomic mass is 10.3. The third-order valence-corrected chi connectivity index (χ3v) is 6.23. The van der Waals surface area contributed by atoms with Crippen LogP contribution in [0.25, 0.3) is 0 Å². The largest absolute Gasteiger partial charge is 0.348 e. The second kappa shape index (κ2) is 8.77. The van der Waals surface area contributed by atoms with E-state index in [0.717, 1.165) is 6.07 Å². The van der Waals surface area contributed by atoms with Crippen LogP contribution in [-0.4, -0.2) is 99.6 Å². The number of rotatable bonds is 6. The summed E-state index contributed by atoms with van der Waals surface area (Å²) in [6.07, 6.45) is 0. The van der Waals surface area contributed by atoms with Crippen LogP contribution in [0.5, 0.6) is 0 Å². The fourth-order valence-corrected chi connectivity index (χ4v) is 4.17. The number of piperazine rings is 1. The highest BCUT2D eigenvalue weighted by Crippen LogP contribution is 2.18. The number of carbonyl (C=O) groups excluding carboxylic acids is 2. The molecule has 0 bridgehead atoms. The van der Waals surface area contributed by atoms with Gasteiger partial charge in [0.2, 0.25) is 21.8 Å². The average molecular weight is 400 g/mol. The lowest BCUT2D eigenvalue weighted by molar-refractivity contribution is -0.135. The van der Waals surface area contributed by atoms with Gasteiger partial charge in [-0.05, 0) is 25.2 Å². The first-order valence-corrected chi connectivity index (χ1v) is 9.97. The second-order valence-corrected chi connectivity index (χ2v) is 8.64. The van der Waals surface area contributed by atoms with Crippen LogP contribution in [0.15, 0.2) is 29.2 Å². The van der Waals surface area contributed by atoms with E-state index in [9.17, 15) is 22.4 Å². The normalized spacial score (nSPS) is 15.8. The molecule has 8 nitrogen and oxygen atoms in total. The molecule has 0 aromatic heterocycles. The minimum atomic E-state index is -3.79. The molecular weight excluding hydrogens is 375 g/mol. The van der Waals surface area contributed by atoms with E-state index in [1.165, 1.54) is 27.4 Å². The zero-order chi connectivity index (χ0) is 20.2. The van der Waals surface area contributed by atoms with Crippen molar-refractivity contribution in [1.29, 1.82) is 0 Å². The molecule has 2 amide bonds. The number of nitrogens with zero attached hydrogens (tertiary/aromatic N) is 4. The van der Waals surface area contributed by atoms with Crippen LogP contribution in [0.3, 0.4) is 0 Å². The summed E-state index contributed by atoms with van der Waals surface area (Å²) in [4.78, 5) is 28.6. The molecule has 0 atom stereocenters. The van der Waals surface area contributed by atoms with Crippen LogP contribution in [0.2, 0.25) is 0 Å². The molecule has 1 fully saturated rings. The predicted octanol–water partition coefficient (Wildman–Crippen LogP) is -0.321. The molecule has 150 valence electrons. The maximum atomic E-state index is 13.3. The van der Waals surface area contributed by atoms with Gasteiger partial charge in [0.1, 0.15) is 5.82 Å². The molecule has 0 spiro atoms. The van der Waals surface area contributed by atoms with Gasteiger partial charge in [0, 0.05) is 40.3 Å². The molecule has 0 radical (unpaired) electrons. The van der Waals surface area contributed by atoms with Crippen LogP contribution in [0, 0.1) is 5.82 Å². The zero-order valence-corrected chi connectivity index (χ0v) is 16.6. The van der Waals surface area contributed by atoms with Crippen molar-refractivity contribution in [3.8, 4) is 0 Å². The second-order valence-electron chi connectivity index (χ2n) is 6.70. The smallest absolute Gasteiger partial charge is 0.243 e. The van der Waals surface area contributed by atoms with Crippen molar-refractivity contribution in [2.45, 2.75) is 4.90 Å². The standard InChI is InChI=1S/C17H25FN4O4S/c1-19(2)16(23)12-20(3)13-17(24)21-7-9-22(10-8-21)27(25,26)15-6-4-5-14(18)11-15/h4-6,11H,7-10,12-13H2,1-3H3. The van der Waals surface area contributed by atoms with Crippen LogP contribution in [0.1, 0.15) is 0 Å². The van der Waals surface area contributed by atoms with Crippen LogP contribution in [-0.2, 0) is 19.6 Å².